The summed E-state index contributed by atoms with van der Waals surface area (Å²) in [5, 5.41) is 3.45. The molecule has 1 saturated heterocycles. The van der Waals surface area contributed by atoms with Crippen LogP contribution in [0, 0.1) is 6.92 Å². The fourth-order valence-electron chi connectivity index (χ4n) is 2.77. The molecule has 0 saturated carbocycles. The summed E-state index contributed by atoms with van der Waals surface area (Å²) in [6.45, 7) is 6.93. The molecule has 0 radical (unpaired) electrons. The number of likely N-dealkylation sites (tertiary alicyclic amines) is 1. The van der Waals surface area contributed by atoms with Crippen molar-refractivity contribution in [3.63, 3.8) is 0 Å². The van der Waals surface area contributed by atoms with Gasteiger partial charge in [-0.25, -0.2) is 0 Å². The molecule has 1 N–H and O–H groups in total. The average Bonchev–Trinajstić information content (AvgIpc) is 2.39. The summed E-state index contributed by atoms with van der Waals surface area (Å²) < 4.78 is 0. The van der Waals surface area contributed by atoms with Gasteiger partial charge in [0.15, 0.2) is 0 Å². The molecule has 0 aromatic heterocycles. The second kappa shape index (κ2) is 6.71. The SMILES string of the molecule is CCNC1CCCN(C(=O)Cc2cccc(C)c2)C1. The Kier molecular flexibility index (Phi) is 4.97. The number of hydrogen-bond donors (Lipinski definition) is 1. The maximum absolute atomic E-state index is 12.3. The van der Waals surface area contributed by atoms with Crippen LogP contribution in [0.15, 0.2) is 24.3 Å². The molecule has 0 bridgehead atoms. The van der Waals surface area contributed by atoms with Gasteiger partial charge in [-0.1, -0.05) is 36.8 Å². The van der Waals surface area contributed by atoms with Crippen LogP contribution in [0.3, 0.4) is 0 Å². The third kappa shape index (κ3) is 4.06. The van der Waals surface area contributed by atoms with E-state index in [1.54, 1.807) is 0 Å². The lowest BCUT2D eigenvalue weighted by atomic mass is 10.0. The highest BCUT2D eigenvalue weighted by Crippen LogP contribution is 2.13. The highest BCUT2D eigenvalue weighted by molar-refractivity contribution is 5.79. The van der Waals surface area contributed by atoms with Crippen molar-refractivity contribution in [1.29, 1.82) is 0 Å². The van der Waals surface area contributed by atoms with Crippen LogP contribution in [-0.2, 0) is 11.2 Å². The molecule has 1 aromatic carbocycles. The van der Waals surface area contributed by atoms with E-state index in [0.717, 1.165) is 31.6 Å². The van der Waals surface area contributed by atoms with Gasteiger partial charge in [0.2, 0.25) is 5.91 Å². The average molecular weight is 260 g/mol. The molecule has 3 heteroatoms. The summed E-state index contributed by atoms with van der Waals surface area (Å²) in [6.07, 6.45) is 2.82. The predicted octanol–water partition coefficient (Wildman–Crippen LogP) is 2.14. The van der Waals surface area contributed by atoms with E-state index in [2.05, 4.69) is 31.3 Å². The van der Waals surface area contributed by atoms with Gasteiger partial charge in [0, 0.05) is 19.1 Å². The number of carbonyl (C=O) groups is 1. The normalized spacial score (nSPS) is 19.5. The molecular formula is C16H24N2O. The second-order valence-corrected chi connectivity index (χ2v) is 5.40. The Morgan fingerprint density at radius 2 is 2.32 bits per heavy atom. The highest BCUT2D eigenvalue weighted by atomic mass is 16.2. The zero-order valence-electron chi connectivity index (χ0n) is 12.0. The lowest BCUT2D eigenvalue weighted by Crippen LogP contribution is -2.48. The van der Waals surface area contributed by atoms with Gasteiger partial charge in [-0.2, -0.15) is 0 Å². The van der Waals surface area contributed by atoms with Gasteiger partial charge in [0.1, 0.15) is 0 Å². The number of amides is 1. The fraction of sp³-hybridized carbons (Fsp3) is 0.562. The van der Waals surface area contributed by atoms with Crippen LogP contribution in [0.2, 0.25) is 0 Å². The van der Waals surface area contributed by atoms with E-state index in [1.807, 2.05) is 17.0 Å². The number of likely N-dealkylation sites (N-methyl/N-ethyl adjacent to an activating group) is 1. The van der Waals surface area contributed by atoms with Crippen molar-refractivity contribution in [2.75, 3.05) is 19.6 Å². The van der Waals surface area contributed by atoms with Gasteiger partial charge in [-0.15, -0.1) is 0 Å². The van der Waals surface area contributed by atoms with Crippen LogP contribution in [0.1, 0.15) is 30.9 Å². The van der Waals surface area contributed by atoms with E-state index in [0.29, 0.717) is 12.5 Å². The van der Waals surface area contributed by atoms with Crippen molar-refractivity contribution in [2.24, 2.45) is 0 Å². The minimum Gasteiger partial charge on any atom is -0.341 e. The quantitative estimate of drug-likeness (QED) is 0.899. The van der Waals surface area contributed by atoms with Gasteiger partial charge in [0.25, 0.3) is 0 Å². The second-order valence-electron chi connectivity index (χ2n) is 5.40. The van der Waals surface area contributed by atoms with Gasteiger partial charge in [0.05, 0.1) is 6.42 Å². The maximum atomic E-state index is 12.3. The Morgan fingerprint density at radius 1 is 1.47 bits per heavy atom. The molecule has 0 aliphatic carbocycles. The molecule has 1 aliphatic heterocycles. The summed E-state index contributed by atoms with van der Waals surface area (Å²) in [4.78, 5) is 14.3. The Balaban J connectivity index is 1.92. The fourth-order valence-corrected chi connectivity index (χ4v) is 2.77. The van der Waals surface area contributed by atoms with Gasteiger partial charge >= 0.3 is 0 Å². The zero-order valence-corrected chi connectivity index (χ0v) is 12.0. The lowest BCUT2D eigenvalue weighted by molar-refractivity contribution is -0.131. The first-order valence-electron chi connectivity index (χ1n) is 7.25. The van der Waals surface area contributed by atoms with E-state index < -0.39 is 0 Å². The number of carbonyl (C=O) groups excluding carboxylic acids is 1. The van der Waals surface area contributed by atoms with Crippen molar-refractivity contribution in [3.05, 3.63) is 35.4 Å². The molecule has 1 aromatic rings. The molecule has 0 spiro atoms. The van der Waals surface area contributed by atoms with E-state index in [-0.39, 0.29) is 5.91 Å². The van der Waals surface area contributed by atoms with Crippen molar-refractivity contribution in [1.82, 2.24) is 10.2 Å². The van der Waals surface area contributed by atoms with Crippen LogP contribution in [0.4, 0.5) is 0 Å². The van der Waals surface area contributed by atoms with E-state index in [4.69, 9.17) is 0 Å². The van der Waals surface area contributed by atoms with Crippen molar-refractivity contribution in [2.45, 2.75) is 39.2 Å². The number of rotatable bonds is 4. The van der Waals surface area contributed by atoms with E-state index >= 15 is 0 Å². The molecule has 1 unspecified atom stereocenters. The predicted molar refractivity (Wildman–Crippen MR) is 78.2 cm³/mol. The maximum Gasteiger partial charge on any atom is 0.227 e. The number of hydrogen-bond acceptors (Lipinski definition) is 2. The van der Waals surface area contributed by atoms with Crippen molar-refractivity contribution >= 4 is 5.91 Å². The van der Waals surface area contributed by atoms with Crippen molar-refractivity contribution in [3.8, 4) is 0 Å². The highest BCUT2D eigenvalue weighted by Gasteiger charge is 2.22. The number of benzene rings is 1. The molecule has 1 fully saturated rings. The smallest absolute Gasteiger partial charge is 0.227 e. The lowest BCUT2D eigenvalue weighted by Gasteiger charge is -2.33. The standard InChI is InChI=1S/C16H24N2O/c1-3-17-15-8-5-9-18(12-15)16(19)11-14-7-4-6-13(2)10-14/h4,6-7,10,15,17H,3,5,8-9,11-12H2,1-2H3. The Labute approximate surface area is 116 Å². The molecule has 1 aliphatic rings. The minimum absolute atomic E-state index is 0.258. The summed E-state index contributed by atoms with van der Waals surface area (Å²) in [7, 11) is 0. The van der Waals surface area contributed by atoms with Gasteiger partial charge in [-0.3, -0.25) is 4.79 Å². The van der Waals surface area contributed by atoms with Crippen LogP contribution in [0.5, 0.6) is 0 Å². The number of aryl methyl sites for hydroxylation is 1. The summed E-state index contributed by atoms with van der Waals surface area (Å²) in [5.41, 5.74) is 2.34. The minimum atomic E-state index is 0.258. The third-order valence-corrected chi connectivity index (χ3v) is 3.70. The molecule has 1 atom stereocenters. The van der Waals surface area contributed by atoms with Gasteiger partial charge in [-0.05, 0) is 31.9 Å². The molecule has 1 amide bonds. The Hall–Kier alpha value is -1.35. The first-order chi connectivity index (χ1) is 9.19. The van der Waals surface area contributed by atoms with Crippen LogP contribution in [-0.4, -0.2) is 36.5 Å². The van der Waals surface area contributed by atoms with Crippen LogP contribution < -0.4 is 5.32 Å². The Bertz CT molecular complexity index is 429. The molecule has 3 nitrogen and oxygen atoms in total. The molecule has 19 heavy (non-hydrogen) atoms. The first-order valence-corrected chi connectivity index (χ1v) is 7.25. The number of nitrogens with one attached hydrogen (secondary N) is 1. The first kappa shape index (κ1) is 14.1. The van der Waals surface area contributed by atoms with E-state index in [1.165, 1.54) is 12.0 Å². The molecule has 2 rings (SSSR count). The monoisotopic (exact) mass is 260 g/mol. The zero-order chi connectivity index (χ0) is 13.7. The molecule has 1 heterocycles. The van der Waals surface area contributed by atoms with E-state index in [9.17, 15) is 4.79 Å². The number of piperidine rings is 1. The Morgan fingerprint density at radius 3 is 3.05 bits per heavy atom. The van der Waals surface area contributed by atoms with Crippen LogP contribution >= 0.6 is 0 Å². The molecule has 104 valence electrons. The molecular weight excluding hydrogens is 236 g/mol. The third-order valence-electron chi connectivity index (χ3n) is 3.70. The van der Waals surface area contributed by atoms with Gasteiger partial charge < -0.3 is 10.2 Å². The largest absolute Gasteiger partial charge is 0.341 e. The topological polar surface area (TPSA) is 32.3 Å². The summed E-state index contributed by atoms with van der Waals surface area (Å²) >= 11 is 0. The number of nitrogens with zero attached hydrogens (tertiary/aromatic N) is 1. The van der Waals surface area contributed by atoms with Crippen LogP contribution in [0.25, 0.3) is 0 Å². The van der Waals surface area contributed by atoms with Crippen molar-refractivity contribution < 1.29 is 4.79 Å². The summed E-state index contributed by atoms with van der Waals surface area (Å²) in [5.74, 6) is 0.258. The summed E-state index contributed by atoms with van der Waals surface area (Å²) in [6, 6.07) is 8.70.